The predicted molar refractivity (Wildman–Crippen MR) is 120 cm³/mol. The van der Waals surface area contributed by atoms with E-state index in [1.165, 1.54) is 0 Å². The molecule has 0 rings (SSSR count). The second-order valence-corrected chi connectivity index (χ2v) is 12.3. The van der Waals surface area contributed by atoms with Crippen LogP contribution in [-0.4, -0.2) is 22.5 Å². The van der Waals surface area contributed by atoms with Gasteiger partial charge in [0.25, 0.3) is 0 Å². The van der Waals surface area contributed by atoms with Crippen LogP contribution >= 0.6 is 0 Å². The average Bonchev–Trinajstić information content (AvgIpc) is 2.03. The van der Waals surface area contributed by atoms with Crippen molar-refractivity contribution in [3.63, 3.8) is 0 Å². The molecule has 0 spiro atoms. The van der Waals surface area contributed by atoms with E-state index in [4.69, 9.17) is 0 Å². The van der Waals surface area contributed by atoms with Crippen LogP contribution in [0.1, 0.15) is 118 Å². The van der Waals surface area contributed by atoms with Crippen LogP contribution in [0.3, 0.4) is 0 Å². The van der Waals surface area contributed by atoms with Crippen molar-refractivity contribution in [2.75, 3.05) is 0 Å². The average molecular weight is 358 g/mol. The zero-order chi connectivity index (χ0) is 20.3. The van der Waals surface area contributed by atoms with Crippen LogP contribution in [-0.2, 0) is 0 Å². The van der Waals surface area contributed by atoms with Gasteiger partial charge in [-0.3, -0.25) is 4.90 Å². The Balaban J connectivity index is -0.000000377. The van der Waals surface area contributed by atoms with E-state index in [2.05, 4.69) is 116 Å². The van der Waals surface area contributed by atoms with Crippen LogP contribution in [0.25, 0.3) is 0 Å². The molecule has 0 bridgehead atoms. The normalized spacial score (nSPS) is 13.9. The molecule has 1 heteroatoms. The summed E-state index contributed by atoms with van der Waals surface area (Å²) in [5.74, 6) is 0.729. The lowest BCUT2D eigenvalue weighted by Gasteiger charge is -2.49. The van der Waals surface area contributed by atoms with Crippen molar-refractivity contribution in [2.45, 2.75) is 136 Å². The van der Waals surface area contributed by atoms with Gasteiger partial charge in [-0.2, -0.15) is 0 Å². The quantitative estimate of drug-likeness (QED) is 0.480. The van der Waals surface area contributed by atoms with Crippen LogP contribution in [0.5, 0.6) is 0 Å². The summed E-state index contributed by atoms with van der Waals surface area (Å²) in [6.45, 7) is 37.0. The Bertz CT molecular complexity index is 295. The largest absolute Gasteiger partial charge is 0.294 e. The SMILES string of the molecule is C.CC(C)(C)C(C(C)(C)C)C(C)(C)C.CC(C)N(C(C)C)C(C)(C)C. The third kappa shape index (κ3) is 11.3. The maximum atomic E-state index is 2.52. The highest BCUT2D eigenvalue weighted by atomic mass is 15.2. The second kappa shape index (κ2) is 9.77. The smallest absolute Gasteiger partial charge is 0.0130 e. The first-order valence-electron chi connectivity index (χ1n) is 9.92. The molecule has 0 atom stereocenters. The Labute approximate surface area is 163 Å². The highest BCUT2D eigenvalue weighted by Gasteiger charge is 2.42. The molecule has 0 unspecified atom stereocenters. The Kier molecular flexibility index (Phi) is 11.6. The number of nitrogens with zero attached hydrogens (tertiary/aromatic N) is 1. The zero-order valence-electron chi connectivity index (χ0n) is 20.2. The Morgan fingerprint density at radius 3 is 0.680 bits per heavy atom. The molecule has 0 radical (unpaired) electrons. The molecule has 156 valence electrons. The first kappa shape index (κ1) is 29.7. The second-order valence-electron chi connectivity index (χ2n) is 12.3. The van der Waals surface area contributed by atoms with Crippen molar-refractivity contribution in [1.82, 2.24) is 4.90 Å². The molecule has 0 aliphatic rings. The van der Waals surface area contributed by atoms with Crippen LogP contribution in [0.4, 0.5) is 0 Å². The zero-order valence-corrected chi connectivity index (χ0v) is 20.2. The lowest BCUT2D eigenvalue weighted by molar-refractivity contribution is 0.00271. The van der Waals surface area contributed by atoms with Gasteiger partial charge in [0.15, 0.2) is 0 Å². The molecule has 0 N–H and O–H groups in total. The monoisotopic (exact) mass is 357 g/mol. The van der Waals surface area contributed by atoms with Gasteiger partial charge >= 0.3 is 0 Å². The third-order valence-electron chi connectivity index (χ3n) is 4.49. The van der Waals surface area contributed by atoms with E-state index in [1.807, 2.05) is 0 Å². The molecular formula is C24H55N. The van der Waals surface area contributed by atoms with Crippen molar-refractivity contribution in [3.05, 3.63) is 0 Å². The maximum absolute atomic E-state index is 2.52. The fourth-order valence-electron chi connectivity index (χ4n) is 6.04. The van der Waals surface area contributed by atoms with Crippen LogP contribution in [0, 0.1) is 22.2 Å². The molecule has 0 amide bonds. The summed E-state index contributed by atoms with van der Waals surface area (Å²) >= 11 is 0. The highest BCUT2D eigenvalue weighted by Crippen LogP contribution is 2.49. The molecule has 0 saturated heterocycles. The lowest BCUT2D eigenvalue weighted by Crippen LogP contribution is -2.49. The Morgan fingerprint density at radius 1 is 0.480 bits per heavy atom. The van der Waals surface area contributed by atoms with Crippen molar-refractivity contribution in [1.29, 1.82) is 0 Å². The molecule has 0 aliphatic carbocycles. The van der Waals surface area contributed by atoms with Gasteiger partial charge in [0, 0.05) is 17.6 Å². The van der Waals surface area contributed by atoms with Gasteiger partial charge in [-0.1, -0.05) is 69.7 Å². The van der Waals surface area contributed by atoms with E-state index in [-0.39, 0.29) is 7.43 Å². The standard InChI is InChI=1S/C13H28.C10H23N.CH4/c1-11(2,3)10(12(4,5)6)13(7,8)9;1-8(2)11(9(3)4)10(5,6)7;/h10H,1-9H3;8-9H,1-7H3;1H4. The molecule has 0 aromatic carbocycles. The van der Waals surface area contributed by atoms with Crippen LogP contribution in [0.2, 0.25) is 0 Å². The third-order valence-corrected chi connectivity index (χ3v) is 4.49. The molecular weight excluding hydrogens is 302 g/mol. The Hall–Kier alpha value is -0.0400. The summed E-state index contributed by atoms with van der Waals surface area (Å²) in [5.41, 5.74) is 1.45. The first-order chi connectivity index (χ1) is 10.1. The van der Waals surface area contributed by atoms with E-state index in [0.29, 0.717) is 33.9 Å². The van der Waals surface area contributed by atoms with Crippen LogP contribution < -0.4 is 0 Å². The summed E-state index contributed by atoms with van der Waals surface area (Å²) in [6, 6.07) is 1.27. The van der Waals surface area contributed by atoms with E-state index in [0.717, 1.165) is 5.92 Å². The molecule has 0 aliphatic heterocycles. The van der Waals surface area contributed by atoms with E-state index in [9.17, 15) is 0 Å². The van der Waals surface area contributed by atoms with Gasteiger partial charge in [0.05, 0.1) is 0 Å². The molecule has 0 saturated carbocycles. The molecule has 25 heavy (non-hydrogen) atoms. The molecule has 0 aromatic heterocycles. The predicted octanol–water partition coefficient (Wildman–Crippen LogP) is 8.28. The van der Waals surface area contributed by atoms with Gasteiger partial charge in [-0.15, -0.1) is 0 Å². The molecule has 0 fully saturated rings. The molecule has 0 aromatic rings. The lowest BCUT2D eigenvalue weighted by atomic mass is 9.56. The van der Waals surface area contributed by atoms with Crippen LogP contribution in [0.15, 0.2) is 0 Å². The van der Waals surface area contributed by atoms with Gasteiger partial charge in [-0.25, -0.2) is 0 Å². The number of hydrogen-bond acceptors (Lipinski definition) is 1. The van der Waals surface area contributed by atoms with Gasteiger partial charge in [0.2, 0.25) is 0 Å². The highest BCUT2D eigenvalue weighted by molar-refractivity contribution is 4.91. The van der Waals surface area contributed by atoms with Gasteiger partial charge < -0.3 is 0 Å². The van der Waals surface area contributed by atoms with Gasteiger partial charge in [0.1, 0.15) is 0 Å². The summed E-state index contributed by atoms with van der Waals surface area (Å²) in [5, 5.41) is 0. The van der Waals surface area contributed by atoms with Crippen molar-refractivity contribution >= 4 is 0 Å². The minimum absolute atomic E-state index is 0. The topological polar surface area (TPSA) is 3.24 Å². The number of hydrogen-bond donors (Lipinski definition) is 0. The molecule has 0 heterocycles. The number of rotatable bonds is 2. The summed E-state index contributed by atoms with van der Waals surface area (Å²) in [6.07, 6.45) is 0. The fraction of sp³-hybridized carbons (Fsp3) is 1.00. The van der Waals surface area contributed by atoms with E-state index >= 15 is 0 Å². The van der Waals surface area contributed by atoms with Crippen molar-refractivity contribution in [3.8, 4) is 0 Å². The Morgan fingerprint density at radius 2 is 0.680 bits per heavy atom. The maximum Gasteiger partial charge on any atom is 0.0130 e. The minimum Gasteiger partial charge on any atom is -0.294 e. The fourth-order valence-corrected chi connectivity index (χ4v) is 6.04. The van der Waals surface area contributed by atoms with Gasteiger partial charge in [-0.05, 0) is 70.6 Å². The first-order valence-corrected chi connectivity index (χ1v) is 9.92. The van der Waals surface area contributed by atoms with E-state index < -0.39 is 0 Å². The van der Waals surface area contributed by atoms with Crippen molar-refractivity contribution < 1.29 is 0 Å². The van der Waals surface area contributed by atoms with Crippen molar-refractivity contribution in [2.24, 2.45) is 22.2 Å². The summed E-state index contributed by atoms with van der Waals surface area (Å²) in [4.78, 5) is 2.52. The van der Waals surface area contributed by atoms with E-state index in [1.54, 1.807) is 0 Å². The minimum atomic E-state index is 0. The molecule has 1 nitrogen and oxygen atoms in total. The summed E-state index contributed by atoms with van der Waals surface area (Å²) in [7, 11) is 0. The summed E-state index contributed by atoms with van der Waals surface area (Å²) < 4.78 is 0.